The molecule has 1 atom stereocenters. The summed E-state index contributed by atoms with van der Waals surface area (Å²) in [4.78, 5) is 0. The van der Waals surface area contributed by atoms with Crippen molar-refractivity contribution in [3.05, 3.63) is 40.1 Å². The summed E-state index contributed by atoms with van der Waals surface area (Å²) >= 11 is 3.61. The maximum absolute atomic E-state index is 4.66. The van der Waals surface area contributed by atoms with E-state index in [0.717, 1.165) is 23.3 Å². The Kier molecular flexibility index (Phi) is 3.94. The fraction of sp³-hybridized carbons (Fsp3) is 0.438. The number of aromatic nitrogens is 2. The summed E-state index contributed by atoms with van der Waals surface area (Å²) in [5.41, 5.74) is 4.81. The third kappa shape index (κ3) is 2.81. The quantitative estimate of drug-likeness (QED) is 0.928. The van der Waals surface area contributed by atoms with Crippen molar-refractivity contribution >= 4 is 15.9 Å². The van der Waals surface area contributed by atoms with Gasteiger partial charge < -0.3 is 5.32 Å². The van der Waals surface area contributed by atoms with Gasteiger partial charge in [0.15, 0.2) is 0 Å². The molecule has 1 aliphatic heterocycles. The lowest BCUT2D eigenvalue weighted by Gasteiger charge is -2.09. The van der Waals surface area contributed by atoms with Crippen LogP contribution in [0, 0.1) is 13.8 Å². The molecule has 0 bridgehead atoms. The number of aryl methyl sites for hydroxylation is 2. The Morgan fingerprint density at radius 1 is 1.40 bits per heavy atom. The van der Waals surface area contributed by atoms with Gasteiger partial charge in [0.1, 0.15) is 0 Å². The molecule has 0 radical (unpaired) electrons. The first-order chi connectivity index (χ1) is 9.63. The Balaban J connectivity index is 1.85. The fourth-order valence-corrected chi connectivity index (χ4v) is 3.17. The summed E-state index contributed by atoms with van der Waals surface area (Å²) in [6, 6.07) is 7.07. The highest BCUT2D eigenvalue weighted by Gasteiger charge is 2.16. The molecule has 4 heteroatoms. The molecule has 2 heterocycles. The van der Waals surface area contributed by atoms with Crippen molar-refractivity contribution in [3.8, 4) is 11.1 Å². The molecule has 1 aromatic heterocycles. The van der Waals surface area contributed by atoms with Crippen LogP contribution in [0.15, 0.2) is 28.9 Å². The van der Waals surface area contributed by atoms with E-state index < -0.39 is 0 Å². The van der Waals surface area contributed by atoms with Crippen LogP contribution in [-0.2, 0) is 6.54 Å². The standard InChI is InChI=1S/C16H20BrN3/c1-11-5-6-13(8-16(11)17)15-10-20(19-12(15)2)9-14-4-3-7-18-14/h5-6,8,10,14,18H,3-4,7,9H2,1-2H3. The topological polar surface area (TPSA) is 29.9 Å². The lowest BCUT2D eigenvalue weighted by Crippen LogP contribution is -2.26. The second kappa shape index (κ2) is 5.70. The van der Waals surface area contributed by atoms with Crippen LogP contribution >= 0.6 is 15.9 Å². The molecule has 1 N–H and O–H groups in total. The van der Waals surface area contributed by atoms with Crippen LogP contribution in [0.4, 0.5) is 0 Å². The summed E-state index contributed by atoms with van der Waals surface area (Å²) < 4.78 is 3.24. The van der Waals surface area contributed by atoms with Crippen molar-refractivity contribution < 1.29 is 0 Å². The molecule has 0 amide bonds. The molecule has 3 nitrogen and oxygen atoms in total. The first-order valence-electron chi connectivity index (χ1n) is 7.17. The molecular formula is C16H20BrN3. The number of nitrogens with zero attached hydrogens (tertiary/aromatic N) is 2. The highest BCUT2D eigenvalue weighted by Crippen LogP contribution is 2.27. The molecule has 3 rings (SSSR count). The normalized spacial score (nSPS) is 18.6. The van der Waals surface area contributed by atoms with E-state index in [-0.39, 0.29) is 0 Å². The lowest BCUT2D eigenvalue weighted by atomic mass is 10.1. The van der Waals surface area contributed by atoms with Crippen molar-refractivity contribution in [2.45, 2.75) is 39.3 Å². The number of nitrogens with one attached hydrogen (secondary N) is 1. The first-order valence-corrected chi connectivity index (χ1v) is 7.97. The fourth-order valence-electron chi connectivity index (χ4n) is 2.79. The van der Waals surface area contributed by atoms with Crippen LogP contribution in [0.5, 0.6) is 0 Å². The van der Waals surface area contributed by atoms with Gasteiger partial charge in [-0.05, 0) is 50.4 Å². The summed E-state index contributed by atoms with van der Waals surface area (Å²) in [7, 11) is 0. The molecule has 0 saturated carbocycles. The summed E-state index contributed by atoms with van der Waals surface area (Å²) in [6.45, 7) is 6.30. The zero-order valence-electron chi connectivity index (χ0n) is 12.0. The Morgan fingerprint density at radius 3 is 2.95 bits per heavy atom. The lowest BCUT2D eigenvalue weighted by molar-refractivity contribution is 0.474. The SMILES string of the molecule is Cc1ccc(-c2cn(CC3CCCN3)nc2C)cc1Br. The number of hydrogen-bond acceptors (Lipinski definition) is 2. The maximum Gasteiger partial charge on any atom is 0.0672 e. The molecule has 106 valence electrons. The third-order valence-corrected chi connectivity index (χ3v) is 4.85. The van der Waals surface area contributed by atoms with Crippen LogP contribution in [0.3, 0.4) is 0 Å². The predicted molar refractivity (Wildman–Crippen MR) is 85.9 cm³/mol. The number of rotatable bonds is 3. The Morgan fingerprint density at radius 2 is 2.25 bits per heavy atom. The van der Waals surface area contributed by atoms with Crippen molar-refractivity contribution in [1.29, 1.82) is 0 Å². The van der Waals surface area contributed by atoms with Crippen LogP contribution in [0.1, 0.15) is 24.1 Å². The van der Waals surface area contributed by atoms with Crippen molar-refractivity contribution in [2.75, 3.05) is 6.54 Å². The second-order valence-electron chi connectivity index (χ2n) is 5.61. The molecule has 1 fully saturated rings. The summed E-state index contributed by atoms with van der Waals surface area (Å²) in [6.07, 6.45) is 4.71. The van der Waals surface area contributed by atoms with Crippen LogP contribution in [-0.4, -0.2) is 22.4 Å². The van der Waals surface area contributed by atoms with Crippen molar-refractivity contribution in [2.24, 2.45) is 0 Å². The first kappa shape index (κ1) is 13.8. The average molecular weight is 334 g/mol. The smallest absolute Gasteiger partial charge is 0.0672 e. The van der Waals surface area contributed by atoms with Crippen LogP contribution < -0.4 is 5.32 Å². The number of hydrogen-bond donors (Lipinski definition) is 1. The minimum absolute atomic E-state index is 0.576. The van der Waals surface area contributed by atoms with Gasteiger partial charge in [0.2, 0.25) is 0 Å². The molecular weight excluding hydrogens is 314 g/mol. The molecule has 1 aromatic carbocycles. The minimum Gasteiger partial charge on any atom is -0.312 e. The van der Waals surface area contributed by atoms with E-state index in [2.05, 4.69) is 69.3 Å². The zero-order valence-corrected chi connectivity index (χ0v) is 13.6. The molecule has 2 aromatic rings. The van der Waals surface area contributed by atoms with Gasteiger partial charge in [-0.3, -0.25) is 4.68 Å². The maximum atomic E-state index is 4.66. The van der Waals surface area contributed by atoms with E-state index in [1.165, 1.54) is 29.5 Å². The van der Waals surface area contributed by atoms with E-state index in [1.54, 1.807) is 0 Å². The monoisotopic (exact) mass is 333 g/mol. The van der Waals surface area contributed by atoms with Crippen LogP contribution in [0.25, 0.3) is 11.1 Å². The van der Waals surface area contributed by atoms with Gasteiger partial charge in [-0.25, -0.2) is 0 Å². The van der Waals surface area contributed by atoms with E-state index in [4.69, 9.17) is 0 Å². The molecule has 0 spiro atoms. The third-order valence-electron chi connectivity index (χ3n) is 4.00. The van der Waals surface area contributed by atoms with E-state index in [1.807, 2.05) is 0 Å². The largest absolute Gasteiger partial charge is 0.312 e. The van der Waals surface area contributed by atoms with Gasteiger partial charge in [-0.1, -0.05) is 28.1 Å². The minimum atomic E-state index is 0.576. The highest BCUT2D eigenvalue weighted by atomic mass is 79.9. The van der Waals surface area contributed by atoms with Crippen LogP contribution in [0.2, 0.25) is 0 Å². The van der Waals surface area contributed by atoms with Gasteiger partial charge in [0, 0.05) is 22.3 Å². The van der Waals surface area contributed by atoms with Gasteiger partial charge in [0.05, 0.1) is 12.2 Å². The molecule has 1 saturated heterocycles. The van der Waals surface area contributed by atoms with Gasteiger partial charge in [0.25, 0.3) is 0 Å². The Hall–Kier alpha value is -1.13. The van der Waals surface area contributed by atoms with E-state index in [0.29, 0.717) is 6.04 Å². The average Bonchev–Trinajstić information content (AvgIpc) is 3.03. The van der Waals surface area contributed by atoms with Gasteiger partial charge >= 0.3 is 0 Å². The second-order valence-corrected chi connectivity index (χ2v) is 6.46. The predicted octanol–water partition coefficient (Wildman–Crippen LogP) is 3.68. The van der Waals surface area contributed by atoms with E-state index in [9.17, 15) is 0 Å². The van der Waals surface area contributed by atoms with Gasteiger partial charge in [-0.2, -0.15) is 5.10 Å². The molecule has 1 unspecified atom stereocenters. The summed E-state index contributed by atoms with van der Waals surface area (Å²) in [5.74, 6) is 0. The number of benzene rings is 1. The highest BCUT2D eigenvalue weighted by molar-refractivity contribution is 9.10. The summed E-state index contributed by atoms with van der Waals surface area (Å²) in [5, 5.41) is 8.19. The Labute approximate surface area is 128 Å². The van der Waals surface area contributed by atoms with Gasteiger partial charge in [-0.15, -0.1) is 0 Å². The Bertz CT molecular complexity index is 612. The molecule has 20 heavy (non-hydrogen) atoms. The van der Waals surface area contributed by atoms with E-state index >= 15 is 0 Å². The molecule has 0 aliphatic carbocycles. The number of halogens is 1. The zero-order chi connectivity index (χ0) is 14.1. The van der Waals surface area contributed by atoms with Crippen molar-refractivity contribution in [1.82, 2.24) is 15.1 Å². The molecule has 1 aliphatic rings. The van der Waals surface area contributed by atoms with Crippen molar-refractivity contribution in [3.63, 3.8) is 0 Å².